The summed E-state index contributed by atoms with van der Waals surface area (Å²) in [4.78, 5) is 14.7. The van der Waals surface area contributed by atoms with Gasteiger partial charge in [0.05, 0.1) is 27.6 Å². The van der Waals surface area contributed by atoms with Gasteiger partial charge in [0.1, 0.15) is 0 Å². The third kappa shape index (κ3) is 5.07. The smallest absolute Gasteiger partial charge is 0.164 e. The average Bonchev–Trinajstić information content (AvgIpc) is 3.85. The zero-order chi connectivity index (χ0) is 38.2. The van der Waals surface area contributed by atoms with Gasteiger partial charge < -0.3 is 8.97 Å². The summed E-state index contributed by atoms with van der Waals surface area (Å²) < 4.78 is 4.86. The van der Waals surface area contributed by atoms with Crippen molar-refractivity contribution in [3.63, 3.8) is 0 Å². The summed E-state index contributed by atoms with van der Waals surface area (Å²) in [7, 11) is 0. The van der Waals surface area contributed by atoms with Crippen LogP contribution in [0.1, 0.15) is 0 Å². The Morgan fingerprint density at radius 2 is 0.707 bits per heavy atom. The van der Waals surface area contributed by atoms with Gasteiger partial charge in [0.25, 0.3) is 0 Å². The molecule has 0 aliphatic heterocycles. The van der Waals surface area contributed by atoms with Crippen molar-refractivity contribution in [1.82, 2.24) is 23.9 Å². The molecular formula is C53H33N5. The molecule has 0 aliphatic rings. The van der Waals surface area contributed by atoms with Gasteiger partial charge in [-0.25, -0.2) is 15.0 Å². The van der Waals surface area contributed by atoms with E-state index in [2.05, 4.69) is 148 Å². The van der Waals surface area contributed by atoms with Crippen LogP contribution in [0.4, 0.5) is 0 Å². The van der Waals surface area contributed by atoms with E-state index >= 15 is 0 Å². The lowest BCUT2D eigenvalue weighted by atomic mass is 10.0. The molecule has 0 spiro atoms. The Labute approximate surface area is 333 Å². The molecule has 58 heavy (non-hydrogen) atoms. The summed E-state index contributed by atoms with van der Waals surface area (Å²) in [5, 5.41) is 7.48. The van der Waals surface area contributed by atoms with Crippen molar-refractivity contribution < 1.29 is 0 Å². The number of benzene rings is 8. The van der Waals surface area contributed by atoms with E-state index in [-0.39, 0.29) is 0 Å². The second-order valence-corrected chi connectivity index (χ2v) is 14.9. The van der Waals surface area contributed by atoms with Gasteiger partial charge in [-0.05, 0) is 59.0 Å². The SMILES string of the molecule is c1ccc(-c2nc(-c3ccccc3)nc(-c3ccc(-c4ccc(-n5c6ccccc6c6cc7c(cc65)c5ccccc5c5cc6ccccc6n57)cc4)cc3)n2)cc1. The standard InChI is InChI=1S/C53H33N5/c1-3-13-36(14-4-1)51-54-52(37-15-5-2-6-16-37)56-53(55-51)38-25-23-34(24-26-38)35-27-29-40(30-28-35)57-47-22-12-10-20-43(47)45-33-50-44(32-49(45)57)41-18-8-9-19-42(41)48-31-39-17-7-11-21-46(39)58(48)50/h1-33H. The highest BCUT2D eigenvalue weighted by Gasteiger charge is 2.18. The first-order chi connectivity index (χ1) is 28.7. The molecule has 0 N–H and O–H groups in total. The van der Waals surface area contributed by atoms with Crippen molar-refractivity contribution in [1.29, 1.82) is 0 Å². The minimum atomic E-state index is 0.645. The van der Waals surface area contributed by atoms with E-state index < -0.39 is 0 Å². The molecule has 0 atom stereocenters. The molecule has 5 nitrogen and oxygen atoms in total. The predicted molar refractivity (Wildman–Crippen MR) is 239 cm³/mol. The Kier molecular flexibility index (Phi) is 7.16. The van der Waals surface area contributed by atoms with E-state index in [1.165, 1.54) is 59.9 Å². The van der Waals surface area contributed by atoms with Crippen LogP contribution in [-0.2, 0) is 0 Å². The van der Waals surface area contributed by atoms with Gasteiger partial charge in [-0.1, -0.05) is 158 Å². The molecule has 0 saturated carbocycles. The fraction of sp³-hybridized carbons (Fsp3) is 0. The summed E-state index contributed by atoms with van der Waals surface area (Å²) in [5.74, 6) is 1.95. The van der Waals surface area contributed by atoms with Crippen molar-refractivity contribution in [3.8, 4) is 51.0 Å². The molecule has 0 radical (unpaired) electrons. The van der Waals surface area contributed by atoms with Crippen LogP contribution < -0.4 is 0 Å². The van der Waals surface area contributed by atoms with Crippen molar-refractivity contribution >= 4 is 59.9 Å². The summed E-state index contributed by atoms with van der Waals surface area (Å²) in [6.07, 6.45) is 0. The molecule has 12 aromatic rings. The van der Waals surface area contributed by atoms with Crippen LogP contribution in [0.2, 0.25) is 0 Å². The van der Waals surface area contributed by atoms with E-state index in [0.29, 0.717) is 17.5 Å². The Morgan fingerprint density at radius 1 is 0.276 bits per heavy atom. The number of hydrogen-bond donors (Lipinski definition) is 0. The van der Waals surface area contributed by atoms with Gasteiger partial charge in [-0.2, -0.15) is 0 Å². The molecule has 0 saturated heterocycles. The quantitative estimate of drug-likeness (QED) is 0.165. The van der Waals surface area contributed by atoms with Crippen molar-refractivity contribution in [2.75, 3.05) is 0 Å². The number of aromatic nitrogens is 5. The molecule has 5 heteroatoms. The largest absolute Gasteiger partial charge is 0.309 e. The molecule has 4 heterocycles. The summed E-state index contributed by atoms with van der Waals surface area (Å²) in [6, 6.07) is 71.1. The zero-order valence-electron chi connectivity index (χ0n) is 31.3. The van der Waals surface area contributed by atoms with Crippen molar-refractivity contribution in [2.45, 2.75) is 0 Å². The Bertz CT molecular complexity index is 3470. The zero-order valence-corrected chi connectivity index (χ0v) is 31.3. The molecule has 0 amide bonds. The number of nitrogens with zero attached hydrogens (tertiary/aromatic N) is 5. The summed E-state index contributed by atoms with van der Waals surface area (Å²) in [6.45, 7) is 0. The normalized spacial score (nSPS) is 11.8. The number of hydrogen-bond acceptors (Lipinski definition) is 3. The van der Waals surface area contributed by atoms with Crippen LogP contribution in [0.25, 0.3) is 111 Å². The lowest BCUT2D eigenvalue weighted by Gasteiger charge is -2.13. The number of fused-ring (bicyclic) bond motifs is 11. The van der Waals surface area contributed by atoms with Gasteiger partial charge in [-0.3, -0.25) is 0 Å². The minimum Gasteiger partial charge on any atom is -0.309 e. The Morgan fingerprint density at radius 3 is 1.34 bits per heavy atom. The van der Waals surface area contributed by atoms with Crippen LogP contribution in [0, 0.1) is 0 Å². The van der Waals surface area contributed by atoms with Crippen molar-refractivity contribution in [2.24, 2.45) is 0 Å². The first-order valence-corrected chi connectivity index (χ1v) is 19.6. The number of rotatable bonds is 5. The average molecular weight is 740 g/mol. The monoisotopic (exact) mass is 739 g/mol. The van der Waals surface area contributed by atoms with E-state index in [1.54, 1.807) is 0 Å². The predicted octanol–water partition coefficient (Wildman–Crippen LogP) is 13.3. The highest BCUT2D eigenvalue weighted by Crippen LogP contribution is 2.40. The Balaban J connectivity index is 0.962. The third-order valence-corrected chi connectivity index (χ3v) is 11.5. The lowest BCUT2D eigenvalue weighted by molar-refractivity contribution is 1.07. The molecule has 0 unspecified atom stereocenters. The van der Waals surface area contributed by atoms with E-state index in [0.717, 1.165) is 33.5 Å². The van der Waals surface area contributed by atoms with Gasteiger partial charge in [0.2, 0.25) is 0 Å². The van der Waals surface area contributed by atoms with Gasteiger partial charge in [0, 0.05) is 49.3 Å². The lowest BCUT2D eigenvalue weighted by Crippen LogP contribution is -2.00. The second kappa shape index (κ2) is 12.8. The maximum atomic E-state index is 4.93. The highest BCUT2D eigenvalue weighted by molar-refractivity contribution is 6.21. The fourth-order valence-corrected chi connectivity index (χ4v) is 8.79. The van der Waals surface area contributed by atoms with Crippen LogP contribution in [0.15, 0.2) is 200 Å². The first kappa shape index (κ1) is 32.4. The van der Waals surface area contributed by atoms with Crippen LogP contribution >= 0.6 is 0 Å². The van der Waals surface area contributed by atoms with Crippen molar-refractivity contribution in [3.05, 3.63) is 200 Å². The van der Waals surface area contributed by atoms with Gasteiger partial charge in [-0.15, -0.1) is 0 Å². The van der Waals surface area contributed by atoms with E-state index in [4.69, 9.17) is 15.0 Å². The minimum absolute atomic E-state index is 0.645. The molecule has 270 valence electrons. The topological polar surface area (TPSA) is 48.0 Å². The summed E-state index contributed by atoms with van der Waals surface area (Å²) in [5.41, 5.74) is 12.3. The van der Waals surface area contributed by atoms with Crippen LogP contribution in [0.3, 0.4) is 0 Å². The van der Waals surface area contributed by atoms with E-state index in [9.17, 15) is 0 Å². The molecule has 12 rings (SSSR count). The van der Waals surface area contributed by atoms with Gasteiger partial charge in [0.15, 0.2) is 17.5 Å². The molecule has 4 aromatic heterocycles. The fourth-order valence-electron chi connectivity index (χ4n) is 8.79. The molecule has 0 aliphatic carbocycles. The maximum Gasteiger partial charge on any atom is 0.164 e. The number of para-hydroxylation sites is 2. The maximum absolute atomic E-state index is 4.93. The second-order valence-electron chi connectivity index (χ2n) is 14.9. The van der Waals surface area contributed by atoms with Crippen LogP contribution in [-0.4, -0.2) is 23.9 Å². The molecular weight excluding hydrogens is 707 g/mol. The van der Waals surface area contributed by atoms with Crippen LogP contribution in [0.5, 0.6) is 0 Å². The number of pyridine rings is 1. The van der Waals surface area contributed by atoms with E-state index in [1.807, 2.05) is 60.7 Å². The summed E-state index contributed by atoms with van der Waals surface area (Å²) >= 11 is 0. The Hall–Kier alpha value is -7.89. The third-order valence-electron chi connectivity index (χ3n) is 11.5. The molecule has 0 bridgehead atoms. The molecule has 8 aromatic carbocycles. The van der Waals surface area contributed by atoms with Gasteiger partial charge >= 0.3 is 0 Å². The molecule has 0 fully saturated rings. The first-order valence-electron chi connectivity index (χ1n) is 19.6. The highest BCUT2D eigenvalue weighted by atomic mass is 15.0.